The zero-order valence-corrected chi connectivity index (χ0v) is 15.0. The average Bonchev–Trinajstić information content (AvgIpc) is 2.99. The van der Waals surface area contributed by atoms with Gasteiger partial charge in [-0.2, -0.15) is 0 Å². The molecular formula is C19H17BrOS. The lowest BCUT2D eigenvalue weighted by atomic mass is 10.1. The van der Waals surface area contributed by atoms with E-state index in [-0.39, 0.29) is 0 Å². The SMILES string of the molecule is COc1ccccc1-c1ccc(Cc2cc(Br)ccc2C)s1. The van der Waals surface area contributed by atoms with Crippen molar-refractivity contribution >= 4 is 27.3 Å². The zero-order valence-electron chi connectivity index (χ0n) is 12.6. The molecule has 0 fully saturated rings. The Morgan fingerprint density at radius 2 is 1.86 bits per heavy atom. The van der Waals surface area contributed by atoms with Crippen molar-refractivity contribution in [2.24, 2.45) is 0 Å². The van der Waals surface area contributed by atoms with Crippen molar-refractivity contribution in [2.75, 3.05) is 7.11 Å². The van der Waals surface area contributed by atoms with Crippen LogP contribution in [0.1, 0.15) is 16.0 Å². The van der Waals surface area contributed by atoms with Crippen molar-refractivity contribution in [2.45, 2.75) is 13.3 Å². The molecule has 1 nitrogen and oxygen atoms in total. The fourth-order valence-corrected chi connectivity index (χ4v) is 3.95. The van der Waals surface area contributed by atoms with Crippen LogP contribution in [0.25, 0.3) is 10.4 Å². The molecule has 112 valence electrons. The van der Waals surface area contributed by atoms with Gasteiger partial charge in [0.2, 0.25) is 0 Å². The predicted octanol–water partition coefficient (Wildman–Crippen LogP) is 6.09. The van der Waals surface area contributed by atoms with E-state index in [2.05, 4.69) is 65.3 Å². The van der Waals surface area contributed by atoms with Crippen LogP contribution in [0.5, 0.6) is 5.75 Å². The van der Waals surface area contributed by atoms with Crippen LogP contribution >= 0.6 is 27.3 Å². The molecule has 3 rings (SSSR count). The van der Waals surface area contributed by atoms with Crippen molar-refractivity contribution in [1.82, 2.24) is 0 Å². The lowest BCUT2D eigenvalue weighted by molar-refractivity contribution is 0.416. The quantitative estimate of drug-likeness (QED) is 0.538. The third-order valence-electron chi connectivity index (χ3n) is 3.71. The molecule has 0 aliphatic carbocycles. The lowest BCUT2D eigenvalue weighted by Gasteiger charge is -2.06. The predicted molar refractivity (Wildman–Crippen MR) is 98.0 cm³/mol. The summed E-state index contributed by atoms with van der Waals surface area (Å²) in [6, 6.07) is 19.0. The number of thiophene rings is 1. The van der Waals surface area contributed by atoms with Gasteiger partial charge in [0.05, 0.1) is 7.11 Å². The lowest BCUT2D eigenvalue weighted by Crippen LogP contribution is -1.89. The number of aryl methyl sites for hydroxylation is 1. The molecular weight excluding hydrogens is 356 g/mol. The number of halogens is 1. The van der Waals surface area contributed by atoms with Gasteiger partial charge in [0.25, 0.3) is 0 Å². The average molecular weight is 373 g/mol. The van der Waals surface area contributed by atoms with Gasteiger partial charge < -0.3 is 4.74 Å². The summed E-state index contributed by atoms with van der Waals surface area (Å²) in [5.41, 5.74) is 3.85. The Hall–Kier alpha value is -1.58. The highest BCUT2D eigenvalue weighted by Crippen LogP contribution is 2.35. The molecule has 0 amide bonds. The number of methoxy groups -OCH3 is 1. The molecule has 0 N–H and O–H groups in total. The number of para-hydroxylation sites is 1. The van der Waals surface area contributed by atoms with Gasteiger partial charge in [-0.15, -0.1) is 11.3 Å². The summed E-state index contributed by atoms with van der Waals surface area (Å²) >= 11 is 5.39. The van der Waals surface area contributed by atoms with E-state index in [1.807, 2.05) is 23.5 Å². The molecule has 0 unspecified atom stereocenters. The van der Waals surface area contributed by atoms with Gasteiger partial charge in [0.15, 0.2) is 0 Å². The van der Waals surface area contributed by atoms with Crippen LogP contribution in [0.4, 0.5) is 0 Å². The number of rotatable bonds is 4. The van der Waals surface area contributed by atoms with Gasteiger partial charge in [0, 0.05) is 26.2 Å². The Bertz CT molecular complexity index is 792. The Kier molecular flexibility index (Phi) is 4.65. The molecule has 3 heteroatoms. The molecule has 0 spiro atoms. The van der Waals surface area contributed by atoms with Crippen LogP contribution < -0.4 is 4.74 Å². The van der Waals surface area contributed by atoms with Crippen LogP contribution in [0.2, 0.25) is 0 Å². The first-order valence-corrected chi connectivity index (χ1v) is 8.75. The molecule has 2 aromatic carbocycles. The van der Waals surface area contributed by atoms with Gasteiger partial charge in [0.1, 0.15) is 5.75 Å². The summed E-state index contributed by atoms with van der Waals surface area (Å²) in [4.78, 5) is 2.61. The first-order valence-electron chi connectivity index (χ1n) is 7.14. The fraction of sp³-hybridized carbons (Fsp3) is 0.158. The second-order valence-corrected chi connectivity index (χ2v) is 7.30. The van der Waals surface area contributed by atoms with Crippen molar-refractivity contribution in [1.29, 1.82) is 0 Å². The van der Waals surface area contributed by atoms with Crippen molar-refractivity contribution in [3.8, 4) is 16.2 Å². The summed E-state index contributed by atoms with van der Waals surface area (Å²) in [7, 11) is 1.72. The summed E-state index contributed by atoms with van der Waals surface area (Å²) in [5, 5.41) is 0. The molecule has 1 heterocycles. The minimum absolute atomic E-state index is 0.925. The highest BCUT2D eigenvalue weighted by atomic mass is 79.9. The van der Waals surface area contributed by atoms with E-state index in [0.29, 0.717) is 0 Å². The summed E-state index contributed by atoms with van der Waals surface area (Å²) in [6.45, 7) is 2.16. The number of hydrogen-bond acceptors (Lipinski definition) is 2. The molecule has 0 radical (unpaired) electrons. The van der Waals surface area contributed by atoms with E-state index in [9.17, 15) is 0 Å². The first-order chi connectivity index (χ1) is 10.7. The molecule has 0 aliphatic rings. The molecule has 1 aromatic heterocycles. The van der Waals surface area contributed by atoms with Crippen molar-refractivity contribution < 1.29 is 4.74 Å². The van der Waals surface area contributed by atoms with Gasteiger partial charge in [-0.3, -0.25) is 0 Å². The molecule has 0 aliphatic heterocycles. The number of hydrogen-bond donors (Lipinski definition) is 0. The standard InChI is InChI=1S/C19H17BrOS/c1-13-7-8-15(20)11-14(13)12-16-9-10-19(22-16)17-5-3-4-6-18(17)21-2/h3-11H,12H2,1-2H3. The van der Waals surface area contributed by atoms with E-state index in [1.165, 1.54) is 20.9 Å². The van der Waals surface area contributed by atoms with Crippen LogP contribution in [0, 0.1) is 6.92 Å². The summed E-state index contributed by atoms with van der Waals surface area (Å²) in [5.74, 6) is 0.925. The largest absolute Gasteiger partial charge is 0.496 e. The Labute approximate surface area is 143 Å². The zero-order chi connectivity index (χ0) is 15.5. The minimum atomic E-state index is 0.925. The molecule has 3 aromatic rings. The van der Waals surface area contributed by atoms with Crippen LogP contribution in [-0.2, 0) is 6.42 Å². The van der Waals surface area contributed by atoms with E-state index < -0.39 is 0 Å². The highest BCUT2D eigenvalue weighted by Gasteiger charge is 2.09. The third-order valence-corrected chi connectivity index (χ3v) is 5.32. The van der Waals surface area contributed by atoms with Gasteiger partial charge in [-0.05, 0) is 54.4 Å². The molecule has 22 heavy (non-hydrogen) atoms. The van der Waals surface area contributed by atoms with Crippen LogP contribution in [0.3, 0.4) is 0 Å². The summed E-state index contributed by atoms with van der Waals surface area (Å²) < 4.78 is 6.60. The second-order valence-electron chi connectivity index (χ2n) is 5.21. The summed E-state index contributed by atoms with van der Waals surface area (Å²) in [6.07, 6.45) is 0.963. The van der Waals surface area contributed by atoms with E-state index >= 15 is 0 Å². The maximum Gasteiger partial charge on any atom is 0.127 e. The monoisotopic (exact) mass is 372 g/mol. The third kappa shape index (κ3) is 3.26. The minimum Gasteiger partial charge on any atom is -0.496 e. The van der Waals surface area contributed by atoms with Crippen LogP contribution in [-0.4, -0.2) is 7.11 Å². The second kappa shape index (κ2) is 6.67. The Morgan fingerprint density at radius 1 is 1.05 bits per heavy atom. The van der Waals surface area contributed by atoms with E-state index in [0.717, 1.165) is 22.2 Å². The van der Waals surface area contributed by atoms with E-state index in [1.54, 1.807) is 7.11 Å². The van der Waals surface area contributed by atoms with Crippen molar-refractivity contribution in [3.63, 3.8) is 0 Å². The topological polar surface area (TPSA) is 9.23 Å². The fourth-order valence-electron chi connectivity index (χ4n) is 2.48. The van der Waals surface area contributed by atoms with Gasteiger partial charge in [-0.25, -0.2) is 0 Å². The highest BCUT2D eigenvalue weighted by molar-refractivity contribution is 9.10. The first kappa shape index (κ1) is 15.3. The Balaban J connectivity index is 1.89. The van der Waals surface area contributed by atoms with E-state index in [4.69, 9.17) is 4.74 Å². The molecule has 0 bridgehead atoms. The Morgan fingerprint density at radius 3 is 2.68 bits per heavy atom. The smallest absolute Gasteiger partial charge is 0.127 e. The maximum atomic E-state index is 5.46. The molecule has 0 saturated heterocycles. The molecule has 0 saturated carbocycles. The van der Waals surface area contributed by atoms with Gasteiger partial charge in [-0.1, -0.05) is 34.1 Å². The van der Waals surface area contributed by atoms with Gasteiger partial charge >= 0.3 is 0 Å². The normalized spacial score (nSPS) is 10.7. The molecule has 0 atom stereocenters. The maximum absolute atomic E-state index is 5.46. The number of ether oxygens (including phenoxy) is 1. The van der Waals surface area contributed by atoms with Crippen molar-refractivity contribution in [3.05, 3.63) is 75.1 Å². The van der Waals surface area contributed by atoms with Crippen LogP contribution in [0.15, 0.2) is 59.1 Å². The number of benzene rings is 2.